The maximum absolute atomic E-state index is 5.85. The highest BCUT2D eigenvalue weighted by molar-refractivity contribution is 6.29. The minimum atomic E-state index is 0.574. The van der Waals surface area contributed by atoms with Gasteiger partial charge in [-0.15, -0.1) is 0 Å². The van der Waals surface area contributed by atoms with Crippen molar-refractivity contribution in [3.63, 3.8) is 0 Å². The van der Waals surface area contributed by atoms with Crippen molar-refractivity contribution in [2.75, 3.05) is 7.05 Å². The van der Waals surface area contributed by atoms with Gasteiger partial charge in [-0.3, -0.25) is 4.90 Å². The van der Waals surface area contributed by atoms with E-state index in [2.05, 4.69) is 30.8 Å². The first-order valence-electron chi connectivity index (χ1n) is 5.49. The second-order valence-corrected chi connectivity index (χ2v) is 4.22. The Hall–Kier alpha value is -0.600. The molecule has 2 nitrogen and oxygen atoms in total. The van der Waals surface area contributed by atoms with Gasteiger partial charge in [0.2, 0.25) is 0 Å². The molecule has 0 aliphatic carbocycles. The molecule has 0 aliphatic rings. The molecule has 0 saturated heterocycles. The first-order chi connectivity index (χ1) is 7.17. The van der Waals surface area contributed by atoms with Gasteiger partial charge < -0.3 is 0 Å². The predicted molar refractivity (Wildman–Crippen MR) is 65.1 cm³/mol. The van der Waals surface area contributed by atoms with Crippen LogP contribution in [0.15, 0.2) is 18.2 Å². The molecular formula is C12H19ClN2. The van der Waals surface area contributed by atoms with E-state index in [1.165, 1.54) is 12.8 Å². The van der Waals surface area contributed by atoms with Crippen LogP contribution in [0.5, 0.6) is 0 Å². The van der Waals surface area contributed by atoms with E-state index in [0.717, 1.165) is 12.2 Å². The van der Waals surface area contributed by atoms with Gasteiger partial charge in [-0.2, -0.15) is 0 Å². The van der Waals surface area contributed by atoms with Gasteiger partial charge in [0.25, 0.3) is 0 Å². The fourth-order valence-electron chi connectivity index (χ4n) is 1.84. The first kappa shape index (κ1) is 12.5. The Morgan fingerprint density at radius 3 is 2.53 bits per heavy atom. The van der Waals surface area contributed by atoms with Crippen LogP contribution in [0.3, 0.4) is 0 Å². The van der Waals surface area contributed by atoms with Crippen molar-refractivity contribution in [3.05, 3.63) is 29.0 Å². The summed E-state index contributed by atoms with van der Waals surface area (Å²) in [6.07, 6.45) is 2.35. The largest absolute Gasteiger partial charge is 0.298 e. The highest BCUT2D eigenvalue weighted by Crippen LogP contribution is 2.11. The Balaban J connectivity index is 2.61. The van der Waals surface area contributed by atoms with Crippen LogP contribution in [-0.2, 0) is 6.54 Å². The van der Waals surface area contributed by atoms with Crippen molar-refractivity contribution >= 4 is 11.6 Å². The zero-order chi connectivity index (χ0) is 11.3. The molecule has 1 rings (SSSR count). The van der Waals surface area contributed by atoms with E-state index in [9.17, 15) is 0 Å². The van der Waals surface area contributed by atoms with E-state index < -0.39 is 0 Å². The molecule has 15 heavy (non-hydrogen) atoms. The Morgan fingerprint density at radius 1 is 1.33 bits per heavy atom. The van der Waals surface area contributed by atoms with E-state index >= 15 is 0 Å². The molecule has 84 valence electrons. The van der Waals surface area contributed by atoms with Gasteiger partial charge in [0, 0.05) is 12.6 Å². The molecule has 0 N–H and O–H groups in total. The van der Waals surface area contributed by atoms with Crippen molar-refractivity contribution in [3.8, 4) is 0 Å². The first-order valence-corrected chi connectivity index (χ1v) is 5.86. The number of nitrogens with zero attached hydrogens (tertiary/aromatic N) is 2. The molecule has 0 bridgehead atoms. The zero-order valence-corrected chi connectivity index (χ0v) is 10.5. The average molecular weight is 227 g/mol. The third-order valence-electron chi connectivity index (χ3n) is 2.75. The van der Waals surface area contributed by atoms with Crippen LogP contribution in [0.4, 0.5) is 0 Å². The van der Waals surface area contributed by atoms with E-state index in [1.807, 2.05) is 18.2 Å². The van der Waals surface area contributed by atoms with Crippen LogP contribution in [0, 0.1) is 0 Å². The topological polar surface area (TPSA) is 16.1 Å². The normalized spacial score (nSPS) is 11.3. The van der Waals surface area contributed by atoms with Gasteiger partial charge in [0.15, 0.2) is 0 Å². The molecule has 0 radical (unpaired) electrons. The fourth-order valence-corrected chi connectivity index (χ4v) is 2.02. The van der Waals surface area contributed by atoms with Crippen LogP contribution in [0.1, 0.15) is 32.4 Å². The molecule has 0 spiro atoms. The lowest BCUT2D eigenvalue weighted by Gasteiger charge is -2.25. The van der Waals surface area contributed by atoms with Gasteiger partial charge in [0.05, 0.1) is 5.69 Å². The van der Waals surface area contributed by atoms with Gasteiger partial charge in [-0.05, 0) is 32.0 Å². The second kappa shape index (κ2) is 6.09. The van der Waals surface area contributed by atoms with Crippen molar-refractivity contribution in [1.29, 1.82) is 0 Å². The monoisotopic (exact) mass is 226 g/mol. The zero-order valence-electron chi connectivity index (χ0n) is 9.70. The molecule has 0 unspecified atom stereocenters. The SMILES string of the molecule is CCC(CC)N(C)Cc1cccc(Cl)n1. The van der Waals surface area contributed by atoms with E-state index in [0.29, 0.717) is 11.2 Å². The fraction of sp³-hybridized carbons (Fsp3) is 0.583. The van der Waals surface area contributed by atoms with Crippen LogP contribution in [0.2, 0.25) is 5.15 Å². The summed E-state index contributed by atoms with van der Waals surface area (Å²) in [5.41, 5.74) is 1.04. The summed E-state index contributed by atoms with van der Waals surface area (Å²) in [6, 6.07) is 6.41. The molecule has 1 aromatic rings. The van der Waals surface area contributed by atoms with E-state index in [4.69, 9.17) is 11.6 Å². The number of rotatable bonds is 5. The summed E-state index contributed by atoms with van der Waals surface area (Å²) in [5.74, 6) is 0. The van der Waals surface area contributed by atoms with Crippen molar-refractivity contribution in [2.24, 2.45) is 0 Å². The summed E-state index contributed by atoms with van der Waals surface area (Å²) in [6.45, 7) is 5.30. The maximum atomic E-state index is 5.85. The van der Waals surface area contributed by atoms with E-state index in [-0.39, 0.29) is 0 Å². The third-order valence-corrected chi connectivity index (χ3v) is 2.96. The predicted octanol–water partition coefficient (Wildman–Crippen LogP) is 3.36. The number of aromatic nitrogens is 1. The molecule has 0 saturated carbocycles. The molecule has 3 heteroatoms. The van der Waals surface area contributed by atoms with Gasteiger partial charge >= 0.3 is 0 Å². The minimum absolute atomic E-state index is 0.574. The Morgan fingerprint density at radius 2 is 2.00 bits per heavy atom. The summed E-state index contributed by atoms with van der Waals surface area (Å²) in [5, 5.41) is 0.574. The van der Waals surface area contributed by atoms with Crippen LogP contribution < -0.4 is 0 Å². The number of hydrogen-bond acceptors (Lipinski definition) is 2. The average Bonchev–Trinajstić information content (AvgIpc) is 2.19. The molecular weight excluding hydrogens is 208 g/mol. The molecule has 1 heterocycles. The molecule has 0 atom stereocenters. The molecule has 0 amide bonds. The van der Waals surface area contributed by atoms with Crippen molar-refractivity contribution in [2.45, 2.75) is 39.3 Å². The maximum Gasteiger partial charge on any atom is 0.129 e. The highest BCUT2D eigenvalue weighted by atomic mass is 35.5. The van der Waals surface area contributed by atoms with E-state index in [1.54, 1.807) is 0 Å². The minimum Gasteiger partial charge on any atom is -0.298 e. The summed E-state index contributed by atoms with van der Waals surface area (Å²) >= 11 is 5.85. The lowest BCUT2D eigenvalue weighted by molar-refractivity contribution is 0.219. The Bertz CT molecular complexity index is 297. The molecule has 0 aromatic carbocycles. The van der Waals surface area contributed by atoms with Crippen molar-refractivity contribution in [1.82, 2.24) is 9.88 Å². The van der Waals surface area contributed by atoms with Gasteiger partial charge in [-0.1, -0.05) is 31.5 Å². The summed E-state index contributed by atoms with van der Waals surface area (Å²) in [7, 11) is 2.14. The standard InChI is InChI=1S/C12H19ClN2/c1-4-11(5-2)15(3)9-10-7-6-8-12(13)14-10/h6-8,11H,4-5,9H2,1-3H3. The van der Waals surface area contributed by atoms with Crippen molar-refractivity contribution < 1.29 is 0 Å². The van der Waals surface area contributed by atoms with Gasteiger partial charge in [0.1, 0.15) is 5.15 Å². The molecule has 0 aliphatic heterocycles. The van der Waals surface area contributed by atoms with Crippen LogP contribution >= 0.6 is 11.6 Å². The smallest absolute Gasteiger partial charge is 0.129 e. The second-order valence-electron chi connectivity index (χ2n) is 3.84. The highest BCUT2D eigenvalue weighted by Gasteiger charge is 2.11. The summed E-state index contributed by atoms with van der Waals surface area (Å²) < 4.78 is 0. The van der Waals surface area contributed by atoms with Crippen LogP contribution in [0.25, 0.3) is 0 Å². The van der Waals surface area contributed by atoms with Crippen LogP contribution in [-0.4, -0.2) is 23.0 Å². The Kier molecular flexibility index (Phi) is 5.06. The lowest BCUT2D eigenvalue weighted by Crippen LogP contribution is -2.30. The Labute approximate surface area is 97.3 Å². The quantitative estimate of drug-likeness (QED) is 0.716. The molecule has 1 aromatic heterocycles. The van der Waals surface area contributed by atoms with Gasteiger partial charge in [-0.25, -0.2) is 4.98 Å². The summed E-state index contributed by atoms with van der Waals surface area (Å²) in [4.78, 5) is 6.62. The third kappa shape index (κ3) is 3.80. The number of halogens is 1. The number of pyridine rings is 1. The molecule has 0 fully saturated rings. The lowest BCUT2D eigenvalue weighted by atomic mass is 10.1. The number of hydrogen-bond donors (Lipinski definition) is 0.